The van der Waals surface area contributed by atoms with E-state index in [0.717, 1.165) is 36.2 Å². The van der Waals surface area contributed by atoms with E-state index in [4.69, 9.17) is 19.7 Å². The van der Waals surface area contributed by atoms with Crippen molar-refractivity contribution >= 4 is 23.7 Å². The predicted octanol–water partition coefficient (Wildman–Crippen LogP) is 4.41. The van der Waals surface area contributed by atoms with Gasteiger partial charge in [0.1, 0.15) is 10.8 Å². The summed E-state index contributed by atoms with van der Waals surface area (Å²) in [7, 11) is 0. The third-order valence-corrected chi connectivity index (χ3v) is 6.10. The van der Waals surface area contributed by atoms with Gasteiger partial charge in [-0.05, 0) is 29.8 Å². The fraction of sp³-hybridized carbons (Fsp3) is 0.192. The molecule has 1 aliphatic heterocycles. The van der Waals surface area contributed by atoms with Crippen LogP contribution in [0, 0.1) is 0 Å². The first-order valence-corrected chi connectivity index (χ1v) is 11.8. The molecule has 3 aromatic rings. The lowest BCUT2D eigenvalue weighted by Gasteiger charge is -2.31. The second kappa shape index (κ2) is 13.9. The Morgan fingerprint density at radius 1 is 1.00 bits per heavy atom. The van der Waals surface area contributed by atoms with Gasteiger partial charge in [-0.1, -0.05) is 60.3 Å². The van der Waals surface area contributed by atoms with Gasteiger partial charge < -0.3 is 25.0 Å². The molecule has 1 saturated heterocycles. The van der Waals surface area contributed by atoms with Gasteiger partial charge in [0.2, 0.25) is 0 Å². The number of ether oxygens (including phenoxy) is 2. The van der Waals surface area contributed by atoms with Crippen molar-refractivity contribution in [3.05, 3.63) is 96.7 Å². The number of aromatic nitrogens is 1. The van der Waals surface area contributed by atoms with E-state index in [1.165, 1.54) is 5.56 Å². The predicted molar refractivity (Wildman–Crippen MR) is 133 cm³/mol. The number of thioether (sulfide) groups is 1. The summed E-state index contributed by atoms with van der Waals surface area (Å²) < 4.78 is 12.2. The quantitative estimate of drug-likeness (QED) is 0.309. The highest BCUT2D eigenvalue weighted by Crippen LogP contribution is 2.42. The maximum Gasteiger partial charge on any atom is 0.328 e. The van der Waals surface area contributed by atoms with E-state index in [0.29, 0.717) is 12.2 Å². The fourth-order valence-electron chi connectivity index (χ4n) is 3.20. The molecule has 0 bridgehead atoms. The second-order valence-corrected chi connectivity index (χ2v) is 8.42. The highest BCUT2D eigenvalue weighted by Gasteiger charge is 2.28. The average molecular weight is 495 g/mol. The van der Waals surface area contributed by atoms with E-state index in [1.54, 1.807) is 11.8 Å². The molecule has 0 radical (unpaired) electrons. The van der Waals surface area contributed by atoms with E-state index < -0.39 is 11.9 Å². The summed E-state index contributed by atoms with van der Waals surface area (Å²) in [6.45, 7) is 2.45. The van der Waals surface area contributed by atoms with Crippen LogP contribution in [0.3, 0.4) is 0 Å². The van der Waals surface area contributed by atoms with Gasteiger partial charge in [0, 0.05) is 31.4 Å². The summed E-state index contributed by atoms with van der Waals surface area (Å²) >= 11 is 1.69. The molecule has 0 amide bonds. The second-order valence-electron chi connectivity index (χ2n) is 7.29. The van der Waals surface area contributed by atoms with Crippen LogP contribution in [0.2, 0.25) is 0 Å². The number of carboxylic acid groups (broad SMARTS) is 2. The van der Waals surface area contributed by atoms with Gasteiger partial charge in [0.15, 0.2) is 5.75 Å². The Hall–Kier alpha value is -3.66. The Kier molecular flexibility index (Phi) is 10.3. The number of carbonyl (C=O) groups is 2. The Balaban J connectivity index is 0.000000371. The molecule has 0 spiro atoms. The zero-order valence-corrected chi connectivity index (χ0v) is 19.6. The summed E-state index contributed by atoms with van der Waals surface area (Å²) in [6, 6.07) is 24.1. The van der Waals surface area contributed by atoms with Gasteiger partial charge in [-0.25, -0.2) is 14.6 Å². The number of hydrogen-bond donors (Lipinski definition) is 3. The Bertz CT molecular complexity index is 1090. The largest absolute Gasteiger partial charge is 0.478 e. The lowest BCUT2D eigenvalue weighted by atomic mass is 10.1. The van der Waals surface area contributed by atoms with Crippen molar-refractivity contribution in [2.45, 2.75) is 16.4 Å². The molecule has 2 heterocycles. The number of morpholine rings is 1. The van der Waals surface area contributed by atoms with Crippen LogP contribution in [-0.2, 0) is 14.3 Å². The van der Waals surface area contributed by atoms with Gasteiger partial charge in [-0.3, -0.25) is 0 Å². The van der Waals surface area contributed by atoms with Crippen molar-refractivity contribution < 1.29 is 29.3 Å². The van der Waals surface area contributed by atoms with Crippen molar-refractivity contribution in [3.8, 4) is 11.5 Å². The molecule has 4 rings (SSSR count). The number of rotatable bonds is 8. The number of pyridine rings is 1. The maximum atomic E-state index is 9.55. The van der Waals surface area contributed by atoms with Gasteiger partial charge in [-0.2, -0.15) is 0 Å². The number of nitrogens with zero attached hydrogens (tertiary/aromatic N) is 1. The van der Waals surface area contributed by atoms with Crippen LogP contribution < -0.4 is 10.1 Å². The number of carboxylic acids is 2. The van der Waals surface area contributed by atoms with Crippen LogP contribution in [0.15, 0.2) is 96.2 Å². The zero-order valence-electron chi connectivity index (χ0n) is 18.8. The minimum Gasteiger partial charge on any atom is -0.478 e. The molecular weight excluding hydrogens is 468 g/mol. The third-order valence-electron chi connectivity index (χ3n) is 4.74. The van der Waals surface area contributed by atoms with Gasteiger partial charge in [-0.15, -0.1) is 0 Å². The molecule has 3 N–H and O–H groups in total. The fourth-order valence-corrected chi connectivity index (χ4v) is 4.41. The van der Waals surface area contributed by atoms with Crippen molar-refractivity contribution in [2.24, 2.45) is 0 Å². The van der Waals surface area contributed by atoms with Crippen LogP contribution >= 0.6 is 11.8 Å². The van der Waals surface area contributed by atoms with Crippen LogP contribution in [0.25, 0.3) is 0 Å². The molecule has 2 aromatic carbocycles. The summed E-state index contributed by atoms with van der Waals surface area (Å²) in [4.78, 5) is 23.7. The van der Waals surface area contributed by atoms with Crippen LogP contribution in [0.1, 0.15) is 10.8 Å². The van der Waals surface area contributed by atoms with Gasteiger partial charge in [0.25, 0.3) is 0 Å². The van der Waals surface area contributed by atoms with E-state index >= 15 is 0 Å². The third kappa shape index (κ3) is 8.90. The Morgan fingerprint density at radius 3 is 2.26 bits per heavy atom. The lowest BCUT2D eigenvalue weighted by molar-refractivity contribution is -0.134. The zero-order chi connectivity index (χ0) is 24.9. The van der Waals surface area contributed by atoms with Crippen molar-refractivity contribution in [2.75, 3.05) is 19.7 Å². The van der Waals surface area contributed by atoms with Crippen molar-refractivity contribution in [1.82, 2.24) is 10.3 Å². The monoisotopic (exact) mass is 494 g/mol. The minimum absolute atomic E-state index is 0.0812. The number of nitrogens with one attached hydrogen (secondary N) is 1. The van der Waals surface area contributed by atoms with E-state index in [1.807, 2.05) is 54.7 Å². The molecule has 1 aliphatic rings. The summed E-state index contributed by atoms with van der Waals surface area (Å²) in [5, 5.41) is 20.1. The molecule has 8 nitrogen and oxygen atoms in total. The van der Waals surface area contributed by atoms with Crippen LogP contribution in [-0.4, -0.2) is 52.9 Å². The molecule has 0 aliphatic carbocycles. The molecule has 182 valence electrons. The molecule has 9 heteroatoms. The molecule has 0 saturated carbocycles. The molecule has 1 aromatic heterocycles. The first-order chi connectivity index (χ1) is 17.0. The Morgan fingerprint density at radius 2 is 1.66 bits per heavy atom. The average Bonchev–Trinajstić information content (AvgIpc) is 2.89. The molecule has 0 unspecified atom stereocenters. The number of hydrogen-bond acceptors (Lipinski definition) is 7. The maximum absolute atomic E-state index is 9.55. The van der Waals surface area contributed by atoms with Crippen LogP contribution in [0.4, 0.5) is 0 Å². The standard InChI is InChI=1S/C22H22N2O2S.C4H4O4/c1-3-8-17(9-4-1)21(20-16-23-14-15-25-20)27-22-19(12-7-13-24-22)26-18-10-5-2-6-11-18;5-3(6)1-2-4(7)8/h1-13,20-21,23H,14-16H2;1-2H,(H,5,6)(H,7,8)/b;2-1+/t20-,21-;/m0./s1. The number of aliphatic carboxylic acids is 2. The topological polar surface area (TPSA) is 118 Å². The smallest absolute Gasteiger partial charge is 0.328 e. The summed E-state index contributed by atoms with van der Waals surface area (Å²) in [5.74, 6) is -0.947. The van der Waals surface area contributed by atoms with Crippen molar-refractivity contribution in [3.63, 3.8) is 0 Å². The normalized spacial score (nSPS) is 16.1. The highest BCUT2D eigenvalue weighted by molar-refractivity contribution is 7.99. The molecule has 2 atom stereocenters. The van der Waals surface area contributed by atoms with Crippen molar-refractivity contribution in [1.29, 1.82) is 0 Å². The Labute approximate surface area is 207 Å². The van der Waals surface area contributed by atoms with Gasteiger partial charge >= 0.3 is 11.9 Å². The van der Waals surface area contributed by atoms with E-state index in [9.17, 15) is 9.59 Å². The SMILES string of the molecule is O=C(O)/C=C/C(=O)O.c1ccc(Oc2cccnc2S[C@@H](c2ccccc2)[C@@H]2CNCCO2)cc1. The van der Waals surface area contributed by atoms with Crippen LogP contribution in [0.5, 0.6) is 11.5 Å². The number of benzene rings is 2. The van der Waals surface area contributed by atoms with E-state index in [2.05, 4.69) is 34.6 Å². The summed E-state index contributed by atoms with van der Waals surface area (Å²) in [5.41, 5.74) is 1.23. The number of para-hydroxylation sites is 1. The van der Waals surface area contributed by atoms with Gasteiger partial charge in [0.05, 0.1) is 18.0 Å². The lowest BCUT2D eigenvalue weighted by Crippen LogP contribution is -2.41. The molecule has 1 fully saturated rings. The summed E-state index contributed by atoms with van der Waals surface area (Å²) in [6.07, 6.45) is 3.00. The minimum atomic E-state index is -1.26. The first kappa shape index (κ1) is 26.0. The highest BCUT2D eigenvalue weighted by atomic mass is 32.2. The van der Waals surface area contributed by atoms with E-state index in [-0.39, 0.29) is 11.4 Å². The first-order valence-electron chi connectivity index (χ1n) is 10.9. The molecular formula is C26H26N2O6S. The molecule has 35 heavy (non-hydrogen) atoms.